The number of hydrogen-bond acceptors (Lipinski definition) is 3. The van der Waals surface area contributed by atoms with Crippen molar-refractivity contribution < 1.29 is 4.74 Å². The summed E-state index contributed by atoms with van der Waals surface area (Å²) in [6.45, 7) is 7.51. The molecule has 0 amide bonds. The van der Waals surface area contributed by atoms with Gasteiger partial charge in [-0.15, -0.1) is 0 Å². The molecule has 2 rings (SSSR count). The average Bonchev–Trinajstić information content (AvgIpc) is 2.96. The van der Waals surface area contributed by atoms with Crippen LogP contribution in [0.3, 0.4) is 0 Å². The number of methoxy groups -OCH3 is 1. The topological polar surface area (TPSA) is 21.3 Å². The summed E-state index contributed by atoms with van der Waals surface area (Å²) in [5.74, 6) is 2.17. The van der Waals surface area contributed by atoms with Crippen molar-refractivity contribution in [1.29, 1.82) is 0 Å². The van der Waals surface area contributed by atoms with Gasteiger partial charge in [0.1, 0.15) is 5.75 Å². The number of nitrogens with one attached hydrogen (secondary N) is 1. The van der Waals surface area contributed by atoms with Crippen molar-refractivity contribution in [2.45, 2.75) is 57.7 Å². The molecule has 0 spiro atoms. The van der Waals surface area contributed by atoms with Crippen LogP contribution in [0.1, 0.15) is 55.3 Å². The third-order valence-corrected chi connectivity index (χ3v) is 5.78. The highest BCUT2D eigenvalue weighted by atomic mass is 32.2. The Morgan fingerprint density at radius 3 is 2.62 bits per heavy atom. The Kier molecular flexibility index (Phi) is 6.43. The molecule has 3 heteroatoms. The molecule has 118 valence electrons. The van der Waals surface area contributed by atoms with Crippen LogP contribution in [0.5, 0.6) is 5.75 Å². The second kappa shape index (κ2) is 8.09. The molecule has 0 radical (unpaired) electrons. The molecule has 0 heterocycles. The largest absolute Gasteiger partial charge is 0.496 e. The highest BCUT2D eigenvalue weighted by Crippen LogP contribution is 2.36. The summed E-state index contributed by atoms with van der Waals surface area (Å²) in [6.07, 6.45) is 5.62. The van der Waals surface area contributed by atoms with E-state index in [0.29, 0.717) is 6.04 Å². The maximum absolute atomic E-state index is 5.66. The average molecular weight is 308 g/mol. The Hall–Kier alpha value is -0.670. The van der Waals surface area contributed by atoms with Crippen LogP contribution in [0.25, 0.3) is 0 Å². The lowest BCUT2D eigenvalue weighted by molar-refractivity contribution is 0.402. The number of benzene rings is 1. The minimum atomic E-state index is 0.385. The van der Waals surface area contributed by atoms with Gasteiger partial charge in [-0.25, -0.2) is 0 Å². The molecule has 0 aliphatic heterocycles. The van der Waals surface area contributed by atoms with Gasteiger partial charge in [0.15, 0.2) is 0 Å². The minimum Gasteiger partial charge on any atom is -0.496 e. The number of hydrogen-bond donors (Lipinski definition) is 1. The summed E-state index contributed by atoms with van der Waals surface area (Å²) in [5.41, 5.74) is 3.95. The summed E-state index contributed by atoms with van der Waals surface area (Å²) in [5, 5.41) is 4.52. The molecule has 2 nitrogen and oxygen atoms in total. The van der Waals surface area contributed by atoms with Crippen LogP contribution in [0, 0.1) is 13.8 Å². The lowest BCUT2D eigenvalue weighted by atomic mass is 9.98. The maximum Gasteiger partial charge on any atom is 0.124 e. The molecule has 0 saturated heterocycles. The van der Waals surface area contributed by atoms with Gasteiger partial charge in [0, 0.05) is 22.6 Å². The van der Waals surface area contributed by atoms with Crippen LogP contribution in [0.2, 0.25) is 0 Å². The Bertz CT molecular complexity index is 455. The van der Waals surface area contributed by atoms with Crippen molar-refractivity contribution in [1.82, 2.24) is 5.32 Å². The van der Waals surface area contributed by atoms with E-state index >= 15 is 0 Å². The van der Waals surface area contributed by atoms with E-state index in [0.717, 1.165) is 23.3 Å². The van der Waals surface area contributed by atoms with Crippen molar-refractivity contribution in [3.8, 4) is 5.75 Å². The smallest absolute Gasteiger partial charge is 0.124 e. The molecule has 1 N–H and O–H groups in total. The predicted molar refractivity (Wildman–Crippen MR) is 93.6 cm³/mol. The van der Waals surface area contributed by atoms with E-state index < -0.39 is 0 Å². The quantitative estimate of drug-likeness (QED) is 0.793. The zero-order chi connectivity index (χ0) is 15.2. The van der Waals surface area contributed by atoms with Crippen LogP contribution >= 0.6 is 11.8 Å². The lowest BCUT2D eigenvalue weighted by Gasteiger charge is -2.24. The van der Waals surface area contributed by atoms with Crippen LogP contribution in [0.15, 0.2) is 12.1 Å². The molecule has 1 unspecified atom stereocenters. The third kappa shape index (κ3) is 4.40. The number of thioether (sulfide) groups is 1. The van der Waals surface area contributed by atoms with Crippen molar-refractivity contribution >= 4 is 11.8 Å². The van der Waals surface area contributed by atoms with E-state index in [2.05, 4.69) is 50.0 Å². The fraction of sp³-hybridized carbons (Fsp3) is 0.667. The van der Waals surface area contributed by atoms with E-state index in [1.807, 2.05) is 0 Å². The lowest BCUT2D eigenvalue weighted by Crippen LogP contribution is -2.25. The van der Waals surface area contributed by atoms with Gasteiger partial charge >= 0.3 is 0 Å². The van der Waals surface area contributed by atoms with E-state index in [9.17, 15) is 0 Å². The van der Waals surface area contributed by atoms with E-state index in [1.54, 1.807) is 7.11 Å². The molecule has 1 aromatic carbocycles. The van der Waals surface area contributed by atoms with Gasteiger partial charge < -0.3 is 10.1 Å². The summed E-state index contributed by atoms with van der Waals surface area (Å²) in [6, 6.07) is 4.81. The van der Waals surface area contributed by atoms with Crippen LogP contribution in [-0.4, -0.2) is 24.7 Å². The van der Waals surface area contributed by atoms with Gasteiger partial charge in [-0.3, -0.25) is 0 Å². The molecule has 0 bridgehead atoms. The predicted octanol–water partition coefficient (Wildman–Crippen LogP) is 4.64. The minimum absolute atomic E-state index is 0.385. The second-order valence-corrected chi connectivity index (χ2v) is 7.38. The first-order valence-electron chi connectivity index (χ1n) is 8.15. The van der Waals surface area contributed by atoms with Gasteiger partial charge in [0.05, 0.1) is 7.11 Å². The van der Waals surface area contributed by atoms with E-state index in [4.69, 9.17) is 4.74 Å². The van der Waals surface area contributed by atoms with Gasteiger partial charge in [0.2, 0.25) is 0 Å². The summed E-state index contributed by atoms with van der Waals surface area (Å²) in [4.78, 5) is 0. The highest BCUT2D eigenvalue weighted by Gasteiger charge is 2.22. The summed E-state index contributed by atoms with van der Waals surface area (Å²) in [7, 11) is 1.78. The normalized spacial score (nSPS) is 17.1. The summed E-state index contributed by atoms with van der Waals surface area (Å²) < 4.78 is 5.66. The molecule has 1 aliphatic carbocycles. The molecule has 1 aliphatic rings. The number of rotatable bonds is 7. The molecular weight excluding hydrogens is 278 g/mol. The second-order valence-electron chi connectivity index (χ2n) is 6.05. The molecule has 0 aromatic heterocycles. The molecule has 1 aromatic rings. The zero-order valence-electron chi connectivity index (χ0n) is 13.9. The first-order chi connectivity index (χ1) is 10.2. The number of ether oxygens (including phenoxy) is 1. The van der Waals surface area contributed by atoms with Crippen molar-refractivity contribution in [3.05, 3.63) is 28.8 Å². The third-order valence-electron chi connectivity index (χ3n) is 4.31. The van der Waals surface area contributed by atoms with Crippen LogP contribution in [0.4, 0.5) is 0 Å². The monoisotopic (exact) mass is 307 g/mol. The van der Waals surface area contributed by atoms with Gasteiger partial charge in [-0.1, -0.05) is 25.8 Å². The fourth-order valence-electron chi connectivity index (χ4n) is 3.33. The van der Waals surface area contributed by atoms with Crippen LogP contribution in [-0.2, 0) is 0 Å². The van der Waals surface area contributed by atoms with Gasteiger partial charge in [-0.05, 0) is 50.4 Å². The van der Waals surface area contributed by atoms with Gasteiger partial charge in [-0.2, -0.15) is 11.8 Å². The Balaban J connectivity index is 2.16. The molecular formula is C18H29NOS. The first kappa shape index (κ1) is 16.7. The van der Waals surface area contributed by atoms with Crippen molar-refractivity contribution in [2.75, 3.05) is 19.4 Å². The zero-order valence-corrected chi connectivity index (χ0v) is 14.7. The fourth-order valence-corrected chi connectivity index (χ4v) is 4.75. The molecule has 1 atom stereocenters. The molecule has 21 heavy (non-hydrogen) atoms. The van der Waals surface area contributed by atoms with E-state index in [-0.39, 0.29) is 0 Å². The molecule has 1 saturated carbocycles. The number of aryl methyl sites for hydroxylation is 2. The Morgan fingerprint density at radius 1 is 1.29 bits per heavy atom. The molecule has 1 fully saturated rings. The Morgan fingerprint density at radius 2 is 2.00 bits per heavy atom. The SMILES string of the molecule is CCNC(CSC1CCCC1)c1c(C)cc(C)cc1OC. The maximum atomic E-state index is 5.66. The van der Waals surface area contributed by atoms with Gasteiger partial charge in [0.25, 0.3) is 0 Å². The van der Waals surface area contributed by atoms with Crippen molar-refractivity contribution in [2.24, 2.45) is 0 Å². The standard InChI is InChI=1S/C18H29NOS/c1-5-19-16(12-21-15-8-6-7-9-15)18-14(3)10-13(2)11-17(18)20-4/h10-11,15-16,19H,5-9,12H2,1-4H3. The van der Waals surface area contributed by atoms with Crippen LogP contribution < -0.4 is 10.1 Å². The first-order valence-corrected chi connectivity index (χ1v) is 9.20. The highest BCUT2D eigenvalue weighted by molar-refractivity contribution is 7.99. The van der Waals surface area contributed by atoms with E-state index in [1.165, 1.54) is 42.4 Å². The Labute approximate surface area is 134 Å². The van der Waals surface area contributed by atoms with Crippen molar-refractivity contribution in [3.63, 3.8) is 0 Å². The summed E-state index contributed by atoms with van der Waals surface area (Å²) >= 11 is 2.14.